The standard InChI is InChI=1S/C23H21BrClN3O3/c1-5-9-31-21-15(10-17(25)12-20(21)30-4)13-26-28-22(14(3)6-2)27-19-8-7-16(24)11-18(19)23(28)29/h1,7-8,10-14H,6,9H2,2-4H3/t14-/m1/s1. The number of halogens is 2. The van der Waals surface area contributed by atoms with Crippen molar-refractivity contribution < 1.29 is 9.47 Å². The van der Waals surface area contributed by atoms with E-state index in [4.69, 9.17) is 32.5 Å². The van der Waals surface area contributed by atoms with Crippen LogP contribution < -0.4 is 15.0 Å². The molecule has 0 bridgehead atoms. The van der Waals surface area contributed by atoms with Crippen molar-refractivity contribution in [1.82, 2.24) is 9.66 Å². The van der Waals surface area contributed by atoms with Crippen LogP contribution in [0.1, 0.15) is 37.6 Å². The Balaban J connectivity index is 2.21. The van der Waals surface area contributed by atoms with Crippen LogP contribution in [-0.4, -0.2) is 29.6 Å². The third kappa shape index (κ3) is 4.92. The van der Waals surface area contributed by atoms with Gasteiger partial charge in [0.15, 0.2) is 11.5 Å². The fourth-order valence-corrected chi connectivity index (χ4v) is 3.58. The quantitative estimate of drug-likeness (QED) is 0.328. The van der Waals surface area contributed by atoms with Crippen LogP contribution in [0.3, 0.4) is 0 Å². The molecular formula is C23H21BrClN3O3. The molecule has 2 aromatic carbocycles. The summed E-state index contributed by atoms with van der Waals surface area (Å²) in [5, 5.41) is 5.36. The van der Waals surface area contributed by atoms with Gasteiger partial charge in [-0.15, -0.1) is 6.42 Å². The third-order valence-electron chi connectivity index (χ3n) is 4.77. The summed E-state index contributed by atoms with van der Waals surface area (Å²) in [4.78, 5) is 18.0. The van der Waals surface area contributed by atoms with Gasteiger partial charge in [0, 0.05) is 27.0 Å². The van der Waals surface area contributed by atoms with Gasteiger partial charge in [-0.25, -0.2) is 4.98 Å². The summed E-state index contributed by atoms with van der Waals surface area (Å²) >= 11 is 9.63. The summed E-state index contributed by atoms with van der Waals surface area (Å²) in [5.74, 6) is 3.82. The van der Waals surface area contributed by atoms with E-state index in [1.165, 1.54) is 18.0 Å². The molecule has 1 aromatic heterocycles. The van der Waals surface area contributed by atoms with Crippen molar-refractivity contribution in [1.29, 1.82) is 0 Å². The zero-order valence-corrected chi connectivity index (χ0v) is 19.7. The molecule has 0 aliphatic rings. The molecule has 160 valence electrons. The molecule has 6 nitrogen and oxygen atoms in total. The van der Waals surface area contributed by atoms with Crippen LogP contribution >= 0.6 is 27.5 Å². The summed E-state index contributed by atoms with van der Waals surface area (Å²) in [5.41, 5.74) is 0.881. The summed E-state index contributed by atoms with van der Waals surface area (Å²) < 4.78 is 13.1. The van der Waals surface area contributed by atoms with Crippen molar-refractivity contribution in [2.45, 2.75) is 26.2 Å². The van der Waals surface area contributed by atoms with Gasteiger partial charge in [0.25, 0.3) is 5.56 Å². The van der Waals surface area contributed by atoms with E-state index in [2.05, 4.69) is 27.0 Å². The number of benzene rings is 2. The highest BCUT2D eigenvalue weighted by atomic mass is 79.9. The number of hydrogen-bond donors (Lipinski definition) is 0. The Kier molecular flexibility index (Phi) is 7.37. The van der Waals surface area contributed by atoms with Crippen LogP contribution in [0.25, 0.3) is 10.9 Å². The van der Waals surface area contributed by atoms with Crippen LogP contribution in [0.4, 0.5) is 0 Å². The van der Waals surface area contributed by atoms with E-state index < -0.39 is 0 Å². The molecular weight excluding hydrogens is 482 g/mol. The van der Waals surface area contributed by atoms with Crippen molar-refractivity contribution in [2.75, 3.05) is 13.7 Å². The Morgan fingerprint density at radius 2 is 2.16 bits per heavy atom. The maximum absolute atomic E-state index is 13.3. The second kappa shape index (κ2) is 9.99. The molecule has 0 unspecified atom stereocenters. The predicted octanol–water partition coefficient (Wildman–Crippen LogP) is 5.23. The topological polar surface area (TPSA) is 65.7 Å². The maximum atomic E-state index is 13.3. The number of rotatable bonds is 7. The Morgan fingerprint density at radius 3 is 2.84 bits per heavy atom. The van der Waals surface area contributed by atoms with Gasteiger partial charge in [-0.05, 0) is 30.7 Å². The van der Waals surface area contributed by atoms with E-state index in [0.717, 1.165) is 10.9 Å². The number of methoxy groups -OCH3 is 1. The van der Waals surface area contributed by atoms with E-state index in [9.17, 15) is 4.79 Å². The minimum absolute atomic E-state index is 0.0176. The van der Waals surface area contributed by atoms with Gasteiger partial charge in [-0.1, -0.05) is 47.3 Å². The Labute approximate surface area is 194 Å². The van der Waals surface area contributed by atoms with Gasteiger partial charge in [-0.3, -0.25) is 4.79 Å². The van der Waals surface area contributed by atoms with E-state index >= 15 is 0 Å². The molecule has 0 aliphatic heterocycles. The second-order valence-electron chi connectivity index (χ2n) is 6.82. The van der Waals surface area contributed by atoms with Gasteiger partial charge in [-0.2, -0.15) is 9.78 Å². The van der Waals surface area contributed by atoms with Crippen molar-refractivity contribution in [3.63, 3.8) is 0 Å². The number of aromatic nitrogens is 2. The fourth-order valence-electron chi connectivity index (χ4n) is 3.00. The zero-order valence-electron chi connectivity index (χ0n) is 17.4. The molecule has 0 aliphatic carbocycles. The lowest BCUT2D eigenvalue weighted by Gasteiger charge is -2.15. The normalized spacial score (nSPS) is 12.1. The first-order valence-corrected chi connectivity index (χ1v) is 10.8. The van der Waals surface area contributed by atoms with E-state index in [1.54, 1.807) is 18.2 Å². The lowest BCUT2D eigenvalue weighted by atomic mass is 10.1. The minimum atomic E-state index is -0.266. The molecule has 0 spiro atoms. The summed E-state index contributed by atoms with van der Waals surface area (Å²) in [6.45, 7) is 4.08. The first-order valence-electron chi connectivity index (χ1n) is 9.59. The number of nitrogens with zero attached hydrogens (tertiary/aromatic N) is 3. The summed E-state index contributed by atoms with van der Waals surface area (Å²) in [6, 6.07) is 8.69. The molecule has 0 radical (unpaired) electrons. The van der Waals surface area contributed by atoms with Crippen molar-refractivity contribution in [2.24, 2.45) is 5.10 Å². The molecule has 1 heterocycles. The second-order valence-corrected chi connectivity index (χ2v) is 8.17. The minimum Gasteiger partial charge on any atom is -0.493 e. The number of fused-ring (bicyclic) bond motifs is 1. The highest BCUT2D eigenvalue weighted by molar-refractivity contribution is 9.10. The van der Waals surface area contributed by atoms with E-state index in [-0.39, 0.29) is 18.1 Å². The first-order chi connectivity index (χ1) is 14.9. The maximum Gasteiger partial charge on any atom is 0.282 e. The van der Waals surface area contributed by atoms with Crippen molar-refractivity contribution in [3.05, 3.63) is 61.6 Å². The molecule has 3 rings (SSSR count). The average molecular weight is 503 g/mol. The molecule has 0 N–H and O–H groups in total. The van der Waals surface area contributed by atoms with Crippen molar-refractivity contribution in [3.8, 4) is 23.8 Å². The van der Waals surface area contributed by atoms with Crippen LogP contribution in [-0.2, 0) is 0 Å². The molecule has 0 amide bonds. The van der Waals surface area contributed by atoms with E-state index in [1.807, 2.05) is 26.0 Å². The number of ether oxygens (including phenoxy) is 2. The highest BCUT2D eigenvalue weighted by Gasteiger charge is 2.17. The smallest absolute Gasteiger partial charge is 0.282 e. The SMILES string of the molecule is C#CCOc1c(C=Nn2c([C@H](C)CC)nc3ccc(Br)cc3c2=O)cc(Cl)cc1OC. The fraction of sp³-hybridized carbons (Fsp3) is 0.261. The monoisotopic (exact) mass is 501 g/mol. The van der Waals surface area contributed by atoms with Gasteiger partial charge >= 0.3 is 0 Å². The summed E-state index contributed by atoms with van der Waals surface area (Å²) in [7, 11) is 1.51. The van der Waals surface area contributed by atoms with Gasteiger partial charge in [0.1, 0.15) is 12.4 Å². The molecule has 0 saturated heterocycles. The van der Waals surface area contributed by atoms with Gasteiger partial charge in [0.2, 0.25) is 0 Å². The van der Waals surface area contributed by atoms with Gasteiger partial charge < -0.3 is 9.47 Å². The molecule has 3 aromatic rings. The largest absolute Gasteiger partial charge is 0.493 e. The van der Waals surface area contributed by atoms with Crippen LogP contribution in [0, 0.1) is 12.3 Å². The lowest BCUT2D eigenvalue weighted by molar-refractivity contribution is 0.330. The average Bonchev–Trinajstić information content (AvgIpc) is 2.76. The molecule has 8 heteroatoms. The Bertz CT molecular complexity index is 1250. The van der Waals surface area contributed by atoms with Crippen LogP contribution in [0.2, 0.25) is 5.02 Å². The predicted molar refractivity (Wildman–Crippen MR) is 128 cm³/mol. The Hall–Kier alpha value is -2.82. The third-order valence-corrected chi connectivity index (χ3v) is 5.48. The van der Waals surface area contributed by atoms with Crippen LogP contribution in [0.15, 0.2) is 44.7 Å². The molecule has 31 heavy (non-hydrogen) atoms. The summed E-state index contributed by atoms with van der Waals surface area (Å²) in [6.07, 6.45) is 7.63. The number of hydrogen-bond acceptors (Lipinski definition) is 5. The lowest BCUT2D eigenvalue weighted by Crippen LogP contribution is -2.23. The molecule has 0 fully saturated rings. The van der Waals surface area contributed by atoms with Crippen molar-refractivity contribution >= 4 is 44.6 Å². The zero-order chi connectivity index (χ0) is 22.5. The Morgan fingerprint density at radius 1 is 1.39 bits per heavy atom. The number of terminal acetylenes is 1. The van der Waals surface area contributed by atoms with E-state index in [0.29, 0.717) is 38.8 Å². The van der Waals surface area contributed by atoms with Gasteiger partial charge in [0.05, 0.1) is 24.2 Å². The molecule has 0 saturated carbocycles. The molecule has 1 atom stereocenters. The van der Waals surface area contributed by atoms with Crippen LogP contribution in [0.5, 0.6) is 11.5 Å². The highest BCUT2D eigenvalue weighted by Crippen LogP contribution is 2.34. The first kappa shape index (κ1) is 22.9.